The number of aromatic amines is 1. The van der Waals surface area contributed by atoms with Gasteiger partial charge in [0.25, 0.3) is 5.91 Å². The summed E-state index contributed by atoms with van der Waals surface area (Å²) in [7, 11) is 1.62. The predicted octanol–water partition coefficient (Wildman–Crippen LogP) is 4.35. The highest BCUT2D eigenvalue weighted by Gasteiger charge is 2.16. The van der Waals surface area contributed by atoms with E-state index in [0.29, 0.717) is 16.4 Å². The van der Waals surface area contributed by atoms with E-state index >= 15 is 0 Å². The van der Waals surface area contributed by atoms with Crippen LogP contribution in [0.15, 0.2) is 42.6 Å². The van der Waals surface area contributed by atoms with E-state index in [1.165, 1.54) is 11.3 Å². The van der Waals surface area contributed by atoms with Gasteiger partial charge in [0.05, 0.1) is 17.4 Å². The average Bonchev–Trinajstić information content (AvgIpc) is 3.19. The molecule has 2 aromatic heterocycles. The summed E-state index contributed by atoms with van der Waals surface area (Å²) in [5, 5.41) is 4.35. The lowest BCUT2D eigenvalue weighted by Gasteiger charge is -2.01. The van der Waals surface area contributed by atoms with E-state index in [9.17, 15) is 4.79 Å². The Kier molecular flexibility index (Phi) is 3.46. The number of ether oxygens (including phenoxy) is 1. The van der Waals surface area contributed by atoms with Gasteiger partial charge in [-0.1, -0.05) is 35.6 Å². The van der Waals surface area contributed by atoms with Gasteiger partial charge >= 0.3 is 0 Å². The molecule has 4 aromatic rings. The van der Waals surface area contributed by atoms with E-state index < -0.39 is 0 Å². The molecule has 2 heterocycles. The molecule has 0 aliphatic rings. The molecule has 0 saturated heterocycles. The van der Waals surface area contributed by atoms with Crippen LogP contribution in [0, 0.1) is 6.92 Å². The van der Waals surface area contributed by atoms with Gasteiger partial charge in [-0.05, 0) is 24.6 Å². The fraction of sp³-hybridized carbons (Fsp3) is 0.111. The van der Waals surface area contributed by atoms with Crippen LogP contribution in [0.25, 0.3) is 21.1 Å². The molecule has 24 heavy (non-hydrogen) atoms. The maximum Gasteiger partial charge on any atom is 0.259 e. The van der Waals surface area contributed by atoms with Gasteiger partial charge in [0.15, 0.2) is 5.13 Å². The number of H-pyrrole nitrogens is 1. The van der Waals surface area contributed by atoms with Crippen LogP contribution in [0.3, 0.4) is 0 Å². The fourth-order valence-electron chi connectivity index (χ4n) is 2.75. The molecule has 0 aliphatic carbocycles. The van der Waals surface area contributed by atoms with Crippen LogP contribution in [0.1, 0.15) is 15.9 Å². The Hall–Kier alpha value is -2.86. The van der Waals surface area contributed by atoms with Crippen molar-refractivity contribution >= 4 is 43.5 Å². The molecule has 4 rings (SSSR count). The first kappa shape index (κ1) is 14.7. The number of nitrogens with one attached hydrogen (secondary N) is 2. The number of hydrogen-bond donors (Lipinski definition) is 2. The summed E-state index contributed by atoms with van der Waals surface area (Å²) in [5.41, 5.74) is 3.42. The van der Waals surface area contributed by atoms with E-state index in [1.807, 2.05) is 43.3 Å². The smallest absolute Gasteiger partial charge is 0.259 e. The zero-order valence-corrected chi connectivity index (χ0v) is 14.0. The number of nitrogens with zero attached hydrogens (tertiary/aromatic N) is 1. The van der Waals surface area contributed by atoms with Crippen molar-refractivity contribution in [1.29, 1.82) is 0 Å². The maximum atomic E-state index is 12.6. The molecule has 0 unspecified atom stereocenters. The summed E-state index contributed by atoms with van der Waals surface area (Å²) in [6.45, 7) is 2.02. The molecule has 5 nitrogen and oxygen atoms in total. The first-order valence-electron chi connectivity index (χ1n) is 7.49. The Bertz CT molecular complexity index is 1060. The fourth-order valence-corrected chi connectivity index (χ4v) is 3.70. The molecule has 2 N–H and O–H groups in total. The normalized spacial score (nSPS) is 11.1. The monoisotopic (exact) mass is 337 g/mol. The molecule has 0 bridgehead atoms. The second-order valence-electron chi connectivity index (χ2n) is 5.48. The number of anilines is 1. The SMILES string of the molecule is COc1ccc(C)c2sc(NC(=O)c3c[nH]c4ccccc34)nc12. The highest BCUT2D eigenvalue weighted by atomic mass is 32.1. The van der Waals surface area contributed by atoms with Crippen LogP contribution >= 0.6 is 11.3 Å². The molecule has 0 atom stereocenters. The number of methoxy groups -OCH3 is 1. The molecular formula is C18H15N3O2S. The molecule has 6 heteroatoms. The van der Waals surface area contributed by atoms with Gasteiger partial charge in [0.1, 0.15) is 11.3 Å². The molecule has 2 aromatic carbocycles. The van der Waals surface area contributed by atoms with Gasteiger partial charge in [-0.25, -0.2) is 4.98 Å². The Balaban J connectivity index is 1.71. The zero-order chi connectivity index (χ0) is 16.7. The van der Waals surface area contributed by atoms with Crippen LogP contribution in [0.2, 0.25) is 0 Å². The van der Waals surface area contributed by atoms with Crippen molar-refractivity contribution in [3.05, 3.63) is 53.7 Å². The Labute approximate surface area is 142 Å². The largest absolute Gasteiger partial charge is 0.494 e. The summed E-state index contributed by atoms with van der Waals surface area (Å²) in [6, 6.07) is 11.6. The van der Waals surface area contributed by atoms with Crippen LogP contribution in [-0.2, 0) is 0 Å². The number of hydrogen-bond acceptors (Lipinski definition) is 4. The lowest BCUT2D eigenvalue weighted by molar-refractivity contribution is 0.102. The van der Waals surface area contributed by atoms with Gasteiger partial charge < -0.3 is 9.72 Å². The third kappa shape index (κ3) is 2.32. The van der Waals surface area contributed by atoms with Crippen LogP contribution in [0.5, 0.6) is 5.75 Å². The minimum Gasteiger partial charge on any atom is -0.494 e. The second-order valence-corrected chi connectivity index (χ2v) is 6.48. The molecule has 0 aliphatic heterocycles. The van der Waals surface area contributed by atoms with Crippen molar-refractivity contribution in [2.75, 3.05) is 12.4 Å². The number of aryl methyl sites for hydroxylation is 1. The van der Waals surface area contributed by atoms with E-state index in [-0.39, 0.29) is 5.91 Å². The summed E-state index contributed by atoms with van der Waals surface area (Å²) in [6.07, 6.45) is 1.72. The van der Waals surface area contributed by atoms with Crippen molar-refractivity contribution < 1.29 is 9.53 Å². The minimum absolute atomic E-state index is 0.178. The highest BCUT2D eigenvalue weighted by Crippen LogP contribution is 2.35. The Morgan fingerprint density at radius 1 is 1.25 bits per heavy atom. The number of carbonyl (C=O) groups is 1. The van der Waals surface area contributed by atoms with Crippen LogP contribution in [-0.4, -0.2) is 23.0 Å². The summed E-state index contributed by atoms with van der Waals surface area (Å²) in [5.74, 6) is 0.530. The van der Waals surface area contributed by atoms with E-state index in [0.717, 1.165) is 26.7 Å². The van der Waals surface area contributed by atoms with Crippen molar-refractivity contribution in [2.24, 2.45) is 0 Å². The molecule has 0 fully saturated rings. The van der Waals surface area contributed by atoms with Crippen LogP contribution < -0.4 is 10.1 Å². The molecule has 120 valence electrons. The zero-order valence-electron chi connectivity index (χ0n) is 13.2. The first-order chi connectivity index (χ1) is 11.7. The Morgan fingerprint density at radius 2 is 2.08 bits per heavy atom. The number of fused-ring (bicyclic) bond motifs is 2. The quantitative estimate of drug-likeness (QED) is 0.584. The van der Waals surface area contributed by atoms with Gasteiger partial charge in [-0.3, -0.25) is 10.1 Å². The third-order valence-corrected chi connectivity index (χ3v) is 5.08. The Morgan fingerprint density at radius 3 is 2.92 bits per heavy atom. The molecular weight excluding hydrogens is 322 g/mol. The third-order valence-electron chi connectivity index (χ3n) is 3.98. The molecule has 0 spiro atoms. The first-order valence-corrected chi connectivity index (χ1v) is 8.30. The van der Waals surface area contributed by atoms with Crippen molar-refractivity contribution in [3.63, 3.8) is 0 Å². The lowest BCUT2D eigenvalue weighted by atomic mass is 10.2. The van der Waals surface area contributed by atoms with E-state index in [4.69, 9.17) is 4.74 Å². The van der Waals surface area contributed by atoms with E-state index in [1.54, 1.807) is 13.3 Å². The molecule has 0 saturated carbocycles. The number of carbonyl (C=O) groups excluding carboxylic acids is 1. The van der Waals surface area contributed by atoms with Crippen molar-refractivity contribution in [3.8, 4) is 5.75 Å². The van der Waals surface area contributed by atoms with Gasteiger partial charge in [-0.2, -0.15) is 0 Å². The predicted molar refractivity (Wildman–Crippen MR) is 97.2 cm³/mol. The summed E-state index contributed by atoms with van der Waals surface area (Å²) >= 11 is 1.45. The van der Waals surface area contributed by atoms with Crippen LogP contribution in [0.4, 0.5) is 5.13 Å². The van der Waals surface area contributed by atoms with Gasteiger partial charge in [-0.15, -0.1) is 0 Å². The number of para-hydroxylation sites is 1. The summed E-state index contributed by atoms with van der Waals surface area (Å²) < 4.78 is 6.37. The number of aromatic nitrogens is 2. The van der Waals surface area contributed by atoms with Gasteiger partial charge in [0, 0.05) is 17.1 Å². The minimum atomic E-state index is -0.178. The number of benzene rings is 2. The summed E-state index contributed by atoms with van der Waals surface area (Å²) in [4.78, 5) is 20.2. The van der Waals surface area contributed by atoms with Gasteiger partial charge in [0.2, 0.25) is 0 Å². The molecule has 0 radical (unpaired) electrons. The standard InChI is InChI=1S/C18H15N3O2S/c1-10-7-8-14(23-2)15-16(10)24-18(20-15)21-17(22)12-9-19-13-6-4-3-5-11(12)13/h3-9,19H,1-2H3,(H,20,21,22). The molecule has 1 amide bonds. The van der Waals surface area contributed by atoms with Crippen molar-refractivity contribution in [1.82, 2.24) is 9.97 Å². The number of thiazole rings is 1. The van der Waals surface area contributed by atoms with E-state index in [2.05, 4.69) is 15.3 Å². The second kappa shape index (κ2) is 5.65. The lowest BCUT2D eigenvalue weighted by Crippen LogP contribution is -2.10. The topological polar surface area (TPSA) is 67.0 Å². The van der Waals surface area contributed by atoms with Crippen molar-refractivity contribution in [2.45, 2.75) is 6.92 Å². The number of amides is 1. The maximum absolute atomic E-state index is 12.6. The average molecular weight is 337 g/mol. The number of rotatable bonds is 3. The highest BCUT2D eigenvalue weighted by molar-refractivity contribution is 7.22.